The van der Waals surface area contributed by atoms with Crippen molar-refractivity contribution in [2.45, 2.75) is 0 Å². The molecule has 2 heterocycles. The molecule has 4 nitrogen and oxygen atoms in total. The minimum atomic E-state index is 0.730. The number of hydrogen-bond acceptors (Lipinski definition) is 3. The quantitative estimate of drug-likeness (QED) is 0.713. The van der Waals surface area contributed by atoms with Crippen LogP contribution in [0.2, 0.25) is 0 Å². The van der Waals surface area contributed by atoms with Crippen molar-refractivity contribution in [2.75, 3.05) is 7.11 Å². The fourth-order valence-electron chi connectivity index (χ4n) is 1.67. The summed E-state index contributed by atoms with van der Waals surface area (Å²) in [6.45, 7) is 0. The molecule has 0 unspecified atom stereocenters. The first-order valence-corrected chi connectivity index (χ1v) is 4.94. The summed E-state index contributed by atoms with van der Waals surface area (Å²) < 4.78 is 10.8. The number of ether oxygens (including phenoxy) is 1. The summed E-state index contributed by atoms with van der Waals surface area (Å²) >= 11 is 0. The molecule has 0 amide bonds. The molecule has 0 aliphatic rings. The standard InChI is InChI=1S/C12H10N2O2/c1-15-9-2-3-10-8(6-9)7-11(16-10)12-13-4-5-14-12/h2-7H,1H3,(H,13,14). The Labute approximate surface area is 91.9 Å². The molecule has 2 aromatic heterocycles. The number of nitrogens with one attached hydrogen (secondary N) is 1. The molecule has 0 aliphatic heterocycles. The predicted molar refractivity (Wildman–Crippen MR) is 60.3 cm³/mol. The molecule has 0 fully saturated rings. The van der Waals surface area contributed by atoms with E-state index in [0.717, 1.165) is 28.3 Å². The van der Waals surface area contributed by atoms with Crippen molar-refractivity contribution in [1.82, 2.24) is 9.97 Å². The molecular formula is C12H10N2O2. The Morgan fingerprint density at radius 1 is 1.31 bits per heavy atom. The smallest absolute Gasteiger partial charge is 0.173 e. The van der Waals surface area contributed by atoms with E-state index in [4.69, 9.17) is 9.15 Å². The highest BCUT2D eigenvalue weighted by Crippen LogP contribution is 2.28. The van der Waals surface area contributed by atoms with Crippen LogP contribution in [0, 0.1) is 0 Å². The lowest BCUT2D eigenvalue weighted by Gasteiger charge is -1.96. The lowest BCUT2D eigenvalue weighted by Crippen LogP contribution is -1.79. The summed E-state index contributed by atoms with van der Waals surface area (Å²) in [7, 11) is 1.65. The molecule has 0 bridgehead atoms. The number of aromatic amines is 1. The van der Waals surface area contributed by atoms with Crippen LogP contribution >= 0.6 is 0 Å². The molecule has 0 atom stereocenters. The molecule has 4 heteroatoms. The number of imidazole rings is 1. The van der Waals surface area contributed by atoms with Gasteiger partial charge in [-0.15, -0.1) is 0 Å². The van der Waals surface area contributed by atoms with E-state index in [2.05, 4.69) is 9.97 Å². The van der Waals surface area contributed by atoms with E-state index < -0.39 is 0 Å². The summed E-state index contributed by atoms with van der Waals surface area (Å²) in [6, 6.07) is 7.64. The molecule has 0 spiro atoms. The van der Waals surface area contributed by atoms with Crippen LogP contribution in [0.25, 0.3) is 22.6 Å². The van der Waals surface area contributed by atoms with Gasteiger partial charge in [0.15, 0.2) is 11.6 Å². The first-order chi connectivity index (χ1) is 7.86. The van der Waals surface area contributed by atoms with Gasteiger partial charge in [0.05, 0.1) is 7.11 Å². The van der Waals surface area contributed by atoms with Gasteiger partial charge in [0, 0.05) is 17.8 Å². The highest BCUT2D eigenvalue weighted by Gasteiger charge is 2.08. The second kappa shape index (κ2) is 3.41. The van der Waals surface area contributed by atoms with Crippen LogP contribution in [0.4, 0.5) is 0 Å². The Kier molecular flexibility index (Phi) is 1.93. The first kappa shape index (κ1) is 9.03. The van der Waals surface area contributed by atoms with Crippen LogP contribution in [-0.2, 0) is 0 Å². The van der Waals surface area contributed by atoms with Gasteiger partial charge in [0.2, 0.25) is 0 Å². The molecule has 1 aromatic carbocycles. The van der Waals surface area contributed by atoms with Crippen LogP contribution < -0.4 is 4.74 Å². The summed E-state index contributed by atoms with van der Waals surface area (Å²) in [5.74, 6) is 2.28. The SMILES string of the molecule is COc1ccc2oc(-c3ncc[nH]3)cc2c1. The molecule has 0 saturated carbocycles. The predicted octanol–water partition coefficient (Wildman–Crippen LogP) is 2.83. The molecular weight excluding hydrogens is 204 g/mol. The minimum Gasteiger partial charge on any atom is -0.497 e. The highest BCUT2D eigenvalue weighted by atomic mass is 16.5. The normalized spacial score (nSPS) is 10.8. The summed E-state index contributed by atoms with van der Waals surface area (Å²) in [5.41, 5.74) is 0.826. The second-order valence-electron chi connectivity index (χ2n) is 3.45. The zero-order valence-corrected chi connectivity index (χ0v) is 8.73. The van der Waals surface area contributed by atoms with Crippen molar-refractivity contribution in [1.29, 1.82) is 0 Å². The Balaban J connectivity index is 2.16. The van der Waals surface area contributed by atoms with Crippen LogP contribution in [0.3, 0.4) is 0 Å². The molecule has 80 valence electrons. The van der Waals surface area contributed by atoms with Gasteiger partial charge in [-0.3, -0.25) is 0 Å². The Bertz CT molecular complexity index is 611. The number of nitrogens with zero attached hydrogens (tertiary/aromatic N) is 1. The van der Waals surface area contributed by atoms with Crippen LogP contribution in [0.5, 0.6) is 5.75 Å². The zero-order valence-electron chi connectivity index (χ0n) is 8.73. The van der Waals surface area contributed by atoms with Crippen LogP contribution in [-0.4, -0.2) is 17.1 Å². The van der Waals surface area contributed by atoms with Crippen molar-refractivity contribution >= 4 is 11.0 Å². The molecule has 0 radical (unpaired) electrons. The van der Waals surface area contributed by atoms with Gasteiger partial charge >= 0.3 is 0 Å². The first-order valence-electron chi connectivity index (χ1n) is 4.94. The average Bonchev–Trinajstić information content (AvgIpc) is 2.96. The van der Waals surface area contributed by atoms with Gasteiger partial charge in [-0.2, -0.15) is 0 Å². The maximum Gasteiger partial charge on any atom is 0.173 e. The topological polar surface area (TPSA) is 51.1 Å². The maximum atomic E-state index is 5.66. The third-order valence-electron chi connectivity index (χ3n) is 2.46. The van der Waals surface area contributed by atoms with E-state index in [-0.39, 0.29) is 0 Å². The summed E-state index contributed by atoms with van der Waals surface area (Å²) in [4.78, 5) is 7.15. The van der Waals surface area contributed by atoms with Crippen molar-refractivity contribution in [3.63, 3.8) is 0 Å². The Morgan fingerprint density at radius 2 is 2.25 bits per heavy atom. The fraction of sp³-hybridized carbons (Fsp3) is 0.0833. The zero-order chi connectivity index (χ0) is 11.0. The number of rotatable bonds is 2. The van der Waals surface area contributed by atoms with Gasteiger partial charge in [-0.25, -0.2) is 4.98 Å². The van der Waals surface area contributed by atoms with Crippen molar-refractivity contribution in [3.05, 3.63) is 36.7 Å². The average molecular weight is 214 g/mol. The van der Waals surface area contributed by atoms with Crippen LogP contribution in [0.1, 0.15) is 0 Å². The van der Waals surface area contributed by atoms with Gasteiger partial charge in [-0.05, 0) is 24.3 Å². The van der Waals surface area contributed by atoms with Gasteiger partial charge in [-0.1, -0.05) is 0 Å². The number of aromatic nitrogens is 2. The largest absolute Gasteiger partial charge is 0.497 e. The van der Waals surface area contributed by atoms with Crippen LogP contribution in [0.15, 0.2) is 41.1 Å². The van der Waals surface area contributed by atoms with Crippen molar-refractivity contribution < 1.29 is 9.15 Å². The Hall–Kier alpha value is -2.23. The summed E-state index contributed by atoms with van der Waals surface area (Å²) in [6.07, 6.45) is 3.46. The Morgan fingerprint density at radius 3 is 3.00 bits per heavy atom. The molecule has 0 aliphatic carbocycles. The van der Waals surface area contributed by atoms with E-state index in [1.807, 2.05) is 24.3 Å². The molecule has 0 saturated heterocycles. The third-order valence-corrected chi connectivity index (χ3v) is 2.46. The summed E-state index contributed by atoms with van der Waals surface area (Å²) in [5, 5.41) is 1.01. The van der Waals surface area contributed by atoms with Gasteiger partial charge in [0.25, 0.3) is 0 Å². The monoisotopic (exact) mass is 214 g/mol. The number of fused-ring (bicyclic) bond motifs is 1. The number of H-pyrrole nitrogens is 1. The highest BCUT2D eigenvalue weighted by molar-refractivity contribution is 5.83. The molecule has 3 rings (SSSR count). The number of methoxy groups -OCH3 is 1. The number of benzene rings is 1. The van der Waals surface area contributed by atoms with E-state index in [1.54, 1.807) is 19.5 Å². The fourth-order valence-corrected chi connectivity index (χ4v) is 1.67. The molecule has 16 heavy (non-hydrogen) atoms. The van der Waals surface area contributed by atoms with Crippen molar-refractivity contribution in [3.8, 4) is 17.3 Å². The molecule has 3 aromatic rings. The van der Waals surface area contributed by atoms with Gasteiger partial charge in [0.1, 0.15) is 11.3 Å². The maximum absolute atomic E-state index is 5.66. The lowest BCUT2D eigenvalue weighted by molar-refractivity contribution is 0.415. The number of hydrogen-bond donors (Lipinski definition) is 1. The van der Waals surface area contributed by atoms with Gasteiger partial charge < -0.3 is 14.1 Å². The van der Waals surface area contributed by atoms with E-state index in [9.17, 15) is 0 Å². The van der Waals surface area contributed by atoms with E-state index >= 15 is 0 Å². The van der Waals surface area contributed by atoms with E-state index in [1.165, 1.54) is 0 Å². The minimum absolute atomic E-state index is 0.730. The van der Waals surface area contributed by atoms with Crippen molar-refractivity contribution in [2.24, 2.45) is 0 Å². The third kappa shape index (κ3) is 1.35. The molecule has 1 N–H and O–H groups in total. The number of furan rings is 1. The van der Waals surface area contributed by atoms with E-state index in [0.29, 0.717) is 0 Å². The second-order valence-corrected chi connectivity index (χ2v) is 3.45. The lowest BCUT2D eigenvalue weighted by atomic mass is 10.2.